The van der Waals surface area contributed by atoms with E-state index < -0.39 is 0 Å². The Kier molecular flexibility index (Phi) is 3.82. The molecule has 0 saturated heterocycles. The number of hydrogen-bond donors (Lipinski definition) is 1. The summed E-state index contributed by atoms with van der Waals surface area (Å²) in [6.07, 6.45) is 3.57. The first kappa shape index (κ1) is 13.9. The Morgan fingerprint density at radius 2 is 1.81 bits per heavy atom. The Morgan fingerprint density at radius 1 is 1.10 bits per heavy atom. The monoisotopic (exact) mass is 295 g/mol. The fourth-order valence-electron chi connectivity index (χ4n) is 2.29. The molecule has 0 saturated carbocycles. The van der Waals surface area contributed by atoms with Crippen LogP contribution in [0.2, 0.25) is 0 Å². The molecule has 3 rings (SSSR count). The van der Waals surface area contributed by atoms with Gasteiger partial charge in [0.25, 0.3) is 0 Å². The topological polar surface area (TPSA) is 51.8 Å². The molecule has 0 aliphatic rings. The maximum atomic E-state index is 6.15. The summed E-state index contributed by atoms with van der Waals surface area (Å²) >= 11 is 1.66. The van der Waals surface area contributed by atoms with E-state index in [2.05, 4.69) is 24.0 Å². The van der Waals surface area contributed by atoms with E-state index in [9.17, 15) is 0 Å². The van der Waals surface area contributed by atoms with Gasteiger partial charge in [0, 0.05) is 34.4 Å². The van der Waals surface area contributed by atoms with Crippen molar-refractivity contribution in [1.82, 2.24) is 9.97 Å². The fourth-order valence-corrected chi connectivity index (χ4v) is 3.33. The maximum Gasteiger partial charge on any atom is 0.124 e. The molecule has 0 aliphatic heterocycles. The molecule has 3 nitrogen and oxygen atoms in total. The first-order valence-electron chi connectivity index (χ1n) is 6.89. The van der Waals surface area contributed by atoms with Crippen LogP contribution in [0.25, 0.3) is 21.8 Å². The number of nitrogens with zero attached hydrogens (tertiary/aromatic N) is 2. The van der Waals surface area contributed by atoms with Crippen molar-refractivity contribution in [1.29, 1.82) is 0 Å². The van der Waals surface area contributed by atoms with Gasteiger partial charge in [-0.05, 0) is 31.5 Å². The smallest absolute Gasteiger partial charge is 0.124 e. The SMILES string of the molecule is Cc1ccccc1-c1nc(-c2ccncc2)sc1C(C)N. The van der Waals surface area contributed by atoms with E-state index in [1.807, 2.05) is 31.2 Å². The maximum absolute atomic E-state index is 6.15. The van der Waals surface area contributed by atoms with Crippen molar-refractivity contribution in [3.8, 4) is 21.8 Å². The van der Waals surface area contributed by atoms with Crippen LogP contribution in [-0.2, 0) is 0 Å². The fraction of sp³-hybridized carbons (Fsp3) is 0.176. The van der Waals surface area contributed by atoms with Gasteiger partial charge < -0.3 is 5.73 Å². The molecule has 2 heterocycles. The molecule has 0 radical (unpaired) electrons. The van der Waals surface area contributed by atoms with Crippen LogP contribution in [0.1, 0.15) is 23.4 Å². The van der Waals surface area contributed by atoms with Crippen LogP contribution >= 0.6 is 11.3 Å². The lowest BCUT2D eigenvalue weighted by molar-refractivity contribution is 0.837. The van der Waals surface area contributed by atoms with Crippen molar-refractivity contribution in [3.05, 3.63) is 59.2 Å². The van der Waals surface area contributed by atoms with E-state index in [4.69, 9.17) is 10.7 Å². The molecule has 1 unspecified atom stereocenters. The van der Waals surface area contributed by atoms with Crippen molar-refractivity contribution in [2.45, 2.75) is 19.9 Å². The Labute approximate surface area is 128 Å². The number of benzene rings is 1. The van der Waals surface area contributed by atoms with Gasteiger partial charge in [-0.2, -0.15) is 0 Å². The van der Waals surface area contributed by atoms with Gasteiger partial charge in [0.2, 0.25) is 0 Å². The Balaban J connectivity index is 2.17. The zero-order valence-electron chi connectivity index (χ0n) is 12.1. The van der Waals surface area contributed by atoms with Crippen molar-refractivity contribution in [2.24, 2.45) is 5.73 Å². The van der Waals surface area contributed by atoms with Crippen LogP contribution in [0.3, 0.4) is 0 Å². The molecule has 0 amide bonds. The van der Waals surface area contributed by atoms with Gasteiger partial charge in [-0.25, -0.2) is 4.98 Å². The number of nitrogens with two attached hydrogens (primary N) is 1. The predicted molar refractivity (Wildman–Crippen MR) is 88.1 cm³/mol. The van der Waals surface area contributed by atoms with Crippen LogP contribution in [-0.4, -0.2) is 9.97 Å². The number of hydrogen-bond acceptors (Lipinski definition) is 4. The molecule has 1 aromatic carbocycles. The van der Waals surface area contributed by atoms with E-state index in [1.54, 1.807) is 23.7 Å². The normalized spacial score (nSPS) is 12.3. The van der Waals surface area contributed by atoms with Gasteiger partial charge in [-0.15, -0.1) is 11.3 Å². The van der Waals surface area contributed by atoms with Gasteiger partial charge >= 0.3 is 0 Å². The summed E-state index contributed by atoms with van der Waals surface area (Å²) in [6.45, 7) is 4.11. The average Bonchev–Trinajstić information content (AvgIpc) is 2.94. The second-order valence-corrected chi connectivity index (χ2v) is 6.10. The van der Waals surface area contributed by atoms with E-state index in [0.29, 0.717) is 0 Å². The van der Waals surface area contributed by atoms with Crippen LogP contribution in [0.4, 0.5) is 0 Å². The molecular weight excluding hydrogens is 278 g/mol. The lowest BCUT2D eigenvalue weighted by Crippen LogP contribution is -2.04. The van der Waals surface area contributed by atoms with Crippen molar-refractivity contribution >= 4 is 11.3 Å². The zero-order chi connectivity index (χ0) is 14.8. The van der Waals surface area contributed by atoms with Gasteiger partial charge in [-0.1, -0.05) is 24.3 Å². The van der Waals surface area contributed by atoms with Crippen LogP contribution < -0.4 is 5.73 Å². The molecule has 2 aromatic heterocycles. The van der Waals surface area contributed by atoms with E-state index in [1.165, 1.54) is 5.56 Å². The van der Waals surface area contributed by atoms with Crippen LogP contribution in [0.15, 0.2) is 48.8 Å². The number of aryl methyl sites for hydroxylation is 1. The summed E-state index contributed by atoms with van der Waals surface area (Å²) in [5, 5.41) is 0.989. The van der Waals surface area contributed by atoms with Gasteiger partial charge in [0.1, 0.15) is 5.01 Å². The third kappa shape index (κ3) is 2.73. The predicted octanol–water partition coefficient (Wildman–Crippen LogP) is 4.20. The van der Waals surface area contributed by atoms with E-state index in [-0.39, 0.29) is 6.04 Å². The highest BCUT2D eigenvalue weighted by Gasteiger charge is 2.18. The zero-order valence-corrected chi connectivity index (χ0v) is 12.9. The highest BCUT2D eigenvalue weighted by atomic mass is 32.1. The summed E-state index contributed by atoms with van der Waals surface area (Å²) in [5.41, 5.74) is 10.6. The summed E-state index contributed by atoms with van der Waals surface area (Å²) in [6, 6.07) is 12.2. The number of pyridine rings is 1. The molecule has 21 heavy (non-hydrogen) atoms. The highest BCUT2D eigenvalue weighted by Crippen LogP contribution is 2.37. The summed E-state index contributed by atoms with van der Waals surface area (Å²) in [7, 11) is 0. The van der Waals surface area contributed by atoms with Gasteiger partial charge in [-0.3, -0.25) is 4.98 Å². The van der Waals surface area contributed by atoms with Gasteiger partial charge in [0.15, 0.2) is 0 Å². The second kappa shape index (κ2) is 5.76. The second-order valence-electron chi connectivity index (χ2n) is 5.07. The van der Waals surface area contributed by atoms with Crippen LogP contribution in [0.5, 0.6) is 0 Å². The molecule has 1 atom stereocenters. The first-order chi connectivity index (χ1) is 10.2. The average molecular weight is 295 g/mol. The molecule has 4 heteroatoms. The summed E-state index contributed by atoms with van der Waals surface area (Å²) in [5.74, 6) is 0. The standard InChI is InChI=1S/C17H17N3S/c1-11-5-3-4-6-14(11)15-16(12(2)18)21-17(20-15)13-7-9-19-10-8-13/h3-10,12H,18H2,1-2H3. The first-order valence-corrected chi connectivity index (χ1v) is 7.71. The lowest BCUT2D eigenvalue weighted by Gasteiger charge is -2.07. The minimum Gasteiger partial charge on any atom is -0.323 e. The quantitative estimate of drug-likeness (QED) is 0.788. The molecule has 0 spiro atoms. The third-order valence-electron chi connectivity index (χ3n) is 3.39. The number of rotatable bonds is 3. The molecule has 3 aromatic rings. The molecule has 0 aliphatic carbocycles. The number of aromatic nitrogens is 2. The van der Waals surface area contributed by atoms with E-state index in [0.717, 1.165) is 26.7 Å². The molecule has 2 N–H and O–H groups in total. The minimum atomic E-state index is -0.0345. The molecule has 0 fully saturated rings. The Bertz CT molecular complexity index is 748. The molecule has 106 valence electrons. The lowest BCUT2D eigenvalue weighted by atomic mass is 10.0. The van der Waals surface area contributed by atoms with E-state index >= 15 is 0 Å². The highest BCUT2D eigenvalue weighted by molar-refractivity contribution is 7.15. The van der Waals surface area contributed by atoms with Gasteiger partial charge in [0.05, 0.1) is 5.69 Å². The third-order valence-corrected chi connectivity index (χ3v) is 4.70. The van der Waals surface area contributed by atoms with Crippen molar-refractivity contribution in [3.63, 3.8) is 0 Å². The van der Waals surface area contributed by atoms with Crippen LogP contribution in [0, 0.1) is 6.92 Å². The Morgan fingerprint density at radius 3 is 2.48 bits per heavy atom. The largest absolute Gasteiger partial charge is 0.323 e. The minimum absolute atomic E-state index is 0.0345. The number of thiazole rings is 1. The summed E-state index contributed by atoms with van der Waals surface area (Å²) in [4.78, 5) is 10.0. The summed E-state index contributed by atoms with van der Waals surface area (Å²) < 4.78 is 0. The molecule has 0 bridgehead atoms. The molecular formula is C17H17N3S. The Hall–Kier alpha value is -2.04. The van der Waals surface area contributed by atoms with Crippen molar-refractivity contribution in [2.75, 3.05) is 0 Å². The van der Waals surface area contributed by atoms with Crippen molar-refractivity contribution < 1.29 is 0 Å².